The Balaban J connectivity index is 1.74. The normalized spacial score (nSPS) is 10.5. The molecular formula is C18H18BrN3O3. The number of anilines is 1. The van der Waals surface area contributed by atoms with Gasteiger partial charge in [-0.25, -0.2) is 5.43 Å². The molecule has 2 amide bonds. The van der Waals surface area contributed by atoms with Crippen molar-refractivity contribution in [2.24, 2.45) is 5.10 Å². The highest BCUT2D eigenvalue weighted by atomic mass is 79.9. The summed E-state index contributed by atoms with van der Waals surface area (Å²) < 4.78 is 5.98. The summed E-state index contributed by atoms with van der Waals surface area (Å²) in [5.74, 6) is 0.146. The highest BCUT2D eigenvalue weighted by Crippen LogP contribution is 2.15. The number of amides is 2. The fourth-order valence-electron chi connectivity index (χ4n) is 1.97. The minimum absolute atomic E-state index is 0.0509. The third kappa shape index (κ3) is 6.76. The van der Waals surface area contributed by atoms with Gasteiger partial charge in [0.15, 0.2) is 0 Å². The minimum atomic E-state index is -0.330. The largest absolute Gasteiger partial charge is 0.497 e. The van der Waals surface area contributed by atoms with E-state index >= 15 is 0 Å². The number of hydrazone groups is 1. The third-order valence-corrected chi connectivity index (χ3v) is 3.68. The van der Waals surface area contributed by atoms with Gasteiger partial charge in [0.05, 0.1) is 13.3 Å². The van der Waals surface area contributed by atoms with E-state index < -0.39 is 0 Å². The standard InChI is InChI=1S/C18H18BrN3O3/c1-25-16-7-2-4-13(10-16)12-20-22-18(24)9-8-17(23)21-15-6-3-5-14(19)11-15/h2-7,10-12H,8-9H2,1H3,(H,21,23)(H,22,24)/b20-12-. The fourth-order valence-corrected chi connectivity index (χ4v) is 2.37. The first-order valence-corrected chi connectivity index (χ1v) is 8.37. The lowest BCUT2D eigenvalue weighted by Gasteiger charge is -2.05. The van der Waals surface area contributed by atoms with E-state index in [0.717, 1.165) is 10.0 Å². The van der Waals surface area contributed by atoms with E-state index in [1.165, 1.54) is 6.21 Å². The van der Waals surface area contributed by atoms with E-state index in [0.29, 0.717) is 11.4 Å². The quantitative estimate of drug-likeness (QED) is 0.549. The maximum atomic E-state index is 11.8. The number of carbonyl (C=O) groups excluding carboxylic acids is 2. The number of hydrogen-bond donors (Lipinski definition) is 2. The summed E-state index contributed by atoms with van der Waals surface area (Å²) in [7, 11) is 1.58. The first kappa shape index (κ1) is 18.7. The van der Waals surface area contributed by atoms with E-state index in [9.17, 15) is 9.59 Å². The molecule has 0 radical (unpaired) electrons. The van der Waals surface area contributed by atoms with Gasteiger partial charge in [-0.15, -0.1) is 0 Å². The molecule has 25 heavy (non-hydrogen) atoms. The molecule has 0 saturated heterocycles. The molecule has 0 spiro atoms. The molecule has 6 nitrogen and oxygen atoms in total. The SMILES string of the molecule is COc1cccc(/C=N\NC(=O)CCC(=O)Nc2cccc(Br)c2)c1. The summed E-state index contributed by atoms with van der Waals surface area (Å²) in [5.41, 5.74) is 3.87. The Morgan fingerprint density at radius 3 is 2.64 bits per heavy atom. The van der Waals surface area contributed by atoms with Crippen LogP contribution in [-0.4, -0.2) is 25.1 Å². The van der Waals surface area contributed by atoms with E-state index in [-0.39, 0.29) is 24.7 Å². The summed E-state index contributed by atoms with van der Waals surface area (Å²) in [4.78, 5) is 23.6. The predicted molar refractivity (Wildman–Crippen MR) is 101 cm³/mol. The van der Waals surface area contributed by atoms with Crippen molar-refractivity contribution in [2.75, 3.05) is 12.4 Å². The predicted octanol–water partition coefficient (Wildman–Crippen LogP) is 3.33. The number of carbonyl (C=O) groups is 2. The molecule has 0 saturated carbocycles. The Kier molecular flexibility index (Phi) is 7.16. The van der Waals surface area contributed by atoms with Gasteiger partial charge in [0, 0.05) is 23.0 Å². The molecule has 0 aliphatic carbocycles. The average molecular weight is 404 g/mol. The maximum absolute atomic E-state index is 11.8. The highest BCUT2D eigenvalue weighted by Gasteiger charge is 2.07. The summed E-state index contributed by atoms with van der Waals surface area (Å²) in [6.45, 7) is 0. The van der Waals surface area contributed by atoms with Gasteiger partial charge >= 0.3 is 0 Å². The molecule has 2 aromatic rings. The van der Waals surface area contributed by atoms with Crippen molar-refractivity contribution in [3.63, 3.8) is 0 Å². The summed E-state index contributed by atoms with van der Waals surface area (Å²) >= 11 is 3.33. The Morgan fingerprint density at radius 1 is 1.12 bits per heavy atom. The smallest absolute Gasteiger partial charge is 0.240 e. The highest BCUT2D eigenvalue weighted by molar-refractivity contribution is 9.10. The van der Waals surface area contributed by atoms with Crippen LogP contribution >= 0.6 is 15.9 Å². The number of halogens is 1. The number of nitrogens with zero attached hydrogens (tertiary/aromatic N) is 1. The second-order valence-electron chi connectivity index (χ2n) is 5.13. The number of rotatable bonds is 7. The van der Waals surface area contributed by atoms with Crippen LogP contribution in [-0.2, 0) is 9.59 Å². The van der Waals surface area contributed by atoms with Crippen LogP contribution in [0.2, 0.25) is 0 Å². The number of methoxy groups -OCH3 is 1. The summed E-state index contributed by atoms with van der Waals surface area (Å²) in [6, 6.07) is 14.5. The van der Waals surface area contributed by atoms with Crippen LogP contribution in [0.25, 0.3) is 0 Å². The molecule has 0 aliphatic rings. The van der Waals surface area contributed by atoms with Crippen LogP contribution in [0, 0.1) is 0 Å². The number of benzene rings is 2. The van der Waals surface area contributed by atoms with Crippen molar-refractivity contribution in [3.8, 4) is 5.75 Å². The van der Waals surface area contributed by atoms with Gasteiger partial charge in [0.25, 0.3) is 0 Å². The van der Waals surface area contributed by atoms with Gasteiger partial charge in [-0.2, -0.15) is 5.10 Å². The van der Waals surface area contributed by atoms with Crippen LogP contribution in [0.5, 0.6) is 5.75 Å². The molecule has 0 heterocycles. The first-order chi connectivity index (χ1) is 12.1. The number of hydrogen-bond acceptors (Lipinski definition) is 4. The average Bonchev–Trinajstić information content (AvgIpc) is 2.60. The van der Waals surface area contributed by atoms with E-state index in [1.807, 2.05) is 30.3 Å². The van der Waals surface area contributed by atoms with Crippen LogP contribution in [0.1, 0.15) is 18.4 Å². The van der Waals surface area contributed by atoms with Crippen LogP contribution < -0.4 is 15.5 Å². The summed E-state index contributed by atoms with van der Waals surface area (Å²) in [5, 5.41) is 6.60. The van der Waals surface area contributed by atoms with E-state index in [2.05, 4.69) is 31.8 Å². The zero-order valence-electron chi connectivity index (χ0n) is 13.7. The summed E-state index contributed by atoms with van der Waals surface area (Å²) in [6.07, 6.45) is 1.64. The third-order valence-electron chi connectivity index (χ3n) is 3.18. The van der Waals surface area contributed by atoms with Crippen LogP contribution in [0.15, 0.2) is 58.1 Å². The molecule has 0 unspecified atom stereocenters. The monoisotopic (exact) mass is 403 g/mol. The number of ether oxygens (including phenoxy) is 1. The molecule has 0 bridgehead atoms. The Hall–Kier alpha value is -2.67. The molecule has 130 valence electrons. The van der Waals surface area contributed by atoms with Gasteiger partial charge < -0.3 is 10.1 Å². The lowest BCUT2D eigenvalue weighted by Crippen LogP contribution is -2.20. The van der Waals surface area contributed by atoms with Gasteiger partial charge in [0.2, 0.25) is 11.8 Å². The first-order valence-electron chi connectivity index (χ1n) is 7.58. The topological polar surface area (TPSA) is 79.8 Å². The van der Waals surface area contributed by atoms with Crippen molar-refractivity contribution in [1.29, 1.82) is 0 Å². The van der Waals surface area contributed by atoms with Crippen LogP contribution in [0.3, 0.4) is 0 Å². The van der Waals surface area contributed by atoms with Crippen molar-refractivity contribution in [1.82, 2.24) is 5.43 Å². The molecule has 2 aromatic carbocycles. The van der Waals surface area contributed by atoms with Crippen molar-refractivity contribution in [3.05, 3.63) is 58.6 Å². The van der Waals surface area contributed by atoms with Gasteiger partial charge in [-0.1, -0.05) is 34.1 Å². The Morgan fingerprint density at radius 2 is 1.88 bits per heavy atom. The zero-order chi connectivity index (χ0) is 18.1. The molecule has 2 N–H and O–H groups in total. The lowest BCUT2D eigenvalue weighted by atomic mass is 10.2. The van der Waals surface area contributed by atoms with Crippen molar-refractivity contribution < 1.29 is 14.3 Å². The van der Waals surface area contributed by atoms with E-state index in [4.69, 9.17) is 4.74 Å². The maximum Gasteiger partial charge on any atom is 0.240 e. The molecule has 0 aliphatic heterocycles. The van der Waals surface area contributed by atoms with Gasteiger partial charge in [0.1, 0.15) is 5.75 Å². The van der Waals surface area contributed by atoms with Gasteiger partial charge in [-0.3, -0.25) is 9.59 Å². The molecule has 7 heteroatoms. The minimum Gasteiger partial charge on any atom is -0.497 e. The molecule has 2 rings (SSSR count). The van der Waals surface area contributed by atoms with Crippen LogP contribution in [0.4, 0.5) is 5.69 Å². The van der Waals surface area contributed by atoms with Crippen molar-refractivity contribution in [2.45, 2.75) is 12.8 Å². The Bertz CT molecular complexity index is 778. The second kappa shape index (κ2) is 9.58. The second-order valence-corrected chi connectivity index (χ2v) is 6.04. The molecule has 0 atom stereocenters. The Labute approximate surface area is 154 Å². The molecular weight excluding hydrogens is 386 g/mol. The van der Waals surface area contributed by atoms with E-state index in [1.54, 1.807) is 25.3 Å². The zero-order valence-corrected chi connectivity index (χ0v) is 15.2. The lowest BCUT2D eigenvalue weighted by molar-refractivity contribution is -0.124. The number of nitrogens with one attached hydrogen (secondary N) is 2. The fraction of sp³-hybridized carbons (Fsp3) is 0.167. The molecule has 0 aromatic heterocycles. The van der Waals surface area contributed by atoms with Gasteiger partial charge in [-0.05, 0) is 35.9 Å². The molecule has 0 fully saturated rings. The van der Waals surface area contributed by atoms with Crippen molar-refractivity contribution >= 4 is 39.6 Å².